The molecule has 1 aliphatic heterocycles. The van der Waals surface area contributed by atoms with Crippen LogP contribution >= 0.6 is 15.9 Å². The molecule has 0 aliphatic carbocycles. The van der Waals surface area contributed by atoms with Crippen LogP contribution in [0.15, 0.2) is 57.9 Å². The van der Waals surface area contributed by atoms with Gasteiger partial charge >= 0.3 is 11.9 Å². The molecule has 0 unspecified atom stereocenters. The van der Waals surface area contributed by atoms with Crippen molar-refractivity contribution in [2.45, 2.75) is 23.8 Å². The number of anilines is 1. The summed E-state index contributed by atoms with van der Waals surface area (Å²) in [6, 6.07) is 14.8. The van der Waals surface area contributed by atoms with Crippen molar-refractivity contribution in [3.8, 4) is 5.75 Å². The van der Waals surface area contributed by atoms with Crippen molar-refractivity contribution >= 4 is 43.6 Å². The Kier molecular flexibility index (Phi) is 8.84. The second-order valence-electron chi connectivity index (χ2n) is 6.62. The Balaban J connectivity index is 0.000000501. The molecule has 1 saturated heterocycles. The van der Waals surface area contributed by atoms with Gasteiger partial charge in [0.15, 0.2) is 0 Å². The molecule has 1 heterocycles. The topological polar surface area (TPSA) is 133 Å². The number of halogens is 1. The minimum Gasteiger partial charge on any atom is -0.497 e. The zero-order valence-corrected chi connectivity index (χ0v) is 19.1. The number of carboxylic acids is 2. The van der Waals surface area contributed by atoms with Gasteiger partial charge in [0.25, 0.3) is 0 Å². The fourth-order valence-corrected chi connectivity index (χ4v) is 4.65. The fourth-order valence-electron chi connectivity index (χ4n) is 2.92. The van der Waals surface area contributed by atoms with Gasteiger partial charge in [0, 0.05) is 29.3 Å². The molecule has 9 nitrogen and oxygen atoms in total. The van der Waals surface area contributed by atoms with Crippen LogP contribution in [0.4, 0.5) is 5.69 Å². The molecular formula is C20H23BrN2O7S. The quantitative estimate of drug-likeness (QED) is 0.518. The number of sulfonamides is 1. The number of methoxy groups -OCH3 is 1. The lowest BCUT2D eigenvalue weighted by Crippen LogP contribution is -2.42. The Morgan fingerprint density at radius 3 is 1.97 bits per heavy atom. The number of ether oxygens (including phenoxy) is 1. The molecule has 0 amide bonds. The highest BCUT2D eigenvalue weighted by molar-refractivity contribution is 9.10. The summed E-state index contributed by atoms with van der Waals surface area (Å²) in [6.45, 7) is 1.03. The number of nitrogens with zero attached hydrogens (tertiary/aromatic N) is 1. The third kappa shape index (κ3) is 7.23. The predicted molar refractivity (Wildman–Crippen MR) is 118 cm³/mol. The van der Waals surface area contributed by atoms with Gasteiger partial charge in [0.05, 0.1) is 12.0 Å². The van der Waals surface area contributed by atoms with Crippen molar-refractivity contribution in [3.05, 3.63) is 53.0 Å². The number of carboxylic acid groups (broad SMARTS) is 2. The van der Waals surface area contributed by atoms with Crippen molar-refractivity contribution in [1.29, 1.82) is 0 Å². The van der Waals surface area contributed by atoms with Gasteiger partial charge in [-0.3, -0.25) is 0 Å². The van der Waals surface area contributed by atoms with Crippen LogP contribution in [0.25, 0.3) is 0 Å². The second kappa shape index (κ2) is 11.1. The average Bonchev–Trinajstić information content (AvgIpc) is 2.76. The SMILES string of the molecule is COc1ccc(S(=O)(=O)N2CCC(Nc3ccc(Br)cc3)CC2)cc1.O=C(O)C(=O)O. The largest absolute Gasteiger partial charge is 0.497 e. The summed E-state index contributed by atoms with van der Waals surface area (Å²) in [5.41, 5.74) is 1.06. The van der Waals surface area contributed by atoms with Crippen molar-refractivity contribution in [3.63, 3.8) is 0 Å². The molecule has 0 saturated carbocycles. The summed E-state index contributed by atoms with van der Waals surface area (Å²) in [5.74, 6) is -3.00. The van der Waals surface area contributed by atoms with E-state index in [9.17, 15) is 8.42 Å². The van der Waals surface area contributed by atoms with E-state index in [1.807, 2.05) is 24.3 Å². The normalized spacial score (nSPS) is 14.8. The molecular weight excluding hydrogens is 492 g/mol. The standard InChI is InChI=1S/C18H21BrN2O3S.C2H2O4/c1-24-17-6-8-18(9-7-17)25(22,23)21-12-10-16(11-13-21)20-15-4-2-14(19)3-5-15;3-1(4)2(5)6/h2-9,16,20H,10-13H2,1H3;(H,3,4)(H,5,6). The average molecular weight is 515 g/mol. The van der Waals surface area contributed by atoms with Crippen LogP contribution in [-0.4, -0.2) is 61.1 Å². The van der Waals surface area contributed by atoms with Crippen molar-refractivity contribution in [1.82, 2.24) is 4.31 Å². The summed E-state index contributed by atoms with van der Waals surface area (Å²) < 4.78 is 33.2. The van der Waals surface area contributed by atoms with E-state index >= 15 is 0 Å². The Labute approximate surface area is 188 Å². The van der Waals surface area contributed by atoms with Crippen LogP contribution in [0.5, 0.6) is 5.75 Å². The van der Waals surface area contributed by atoms with Gasteiger partial charge in [-0.05, 0) is 61.4 Å². The highest BCUT2D eigenvalue weighted by Gasteiger charge is 2.29. The maximum Gasteiger partial charge on any atom is 0.414 e. The lowest BCUT2D eigenvalue weighted by atomic mass is 10.1. The molecule has 31 heavy (non-hydrogen) atoms. The van der Waals surface area contributed by atoms with E-state index in [0.29, 0.717) is 23.7 Å². The third-order valence-corrected chi connectivity index (χ3v) is 6.99. The maximum atomic E-state index is 12.7. The number of benzene rings is 2. The number of carbonyl (C=O) groups is 2. The molecule has 0 aromatic heterocycles. The number of aliphatic carboxylic acids is 2. The Morgan fingerprint density at radius 1 is 1.00 bits per heavy atom. The summed E-state index contributed by atoms with van der Waals surface area (Å²) >= 11 is 3.42. The molecule has 1 aliphatic rings. The van der Waals surface area contributed by atoms with Gasteiger partial charge in [-0.2, -0.15) is 4.31 Å². The van der Waals surface area contributed by atoms with E-state index in [1.165, 1.54) is 0 Å². The zero-order valence-electron chi connectivity index (χ0n) is 16.7. The molecule has 1 fully saturated rings. The zero-order chi connectivity index (χ0) is 23.0. The first-order valence-electron chi connectivity index (χ1n) is 9.26. The van der Waals surface area contributed by atoms with E-state index in [4.69, 9.17) is 24.5 Å². The highest BCUT2D eigenvalue weighted by Crippen LogP contribution is 2.24. The van der Waals surface area contributed by atoms with Gasteiger partial charge in [-0.1, -0.05) is 15.9 Å². The van der Waals surface area contributed by atoms with Crippen molar-refractivity contribution in [2.75, 3.05) is 25.5 Å². The van der Waals surface area contributed by atoms with E-state index < -0.39 is 22.0 Å². The second-order valence-corrected chi connectivity index (χ2v) is 9.47. The van der Waals surface area contributed by atoms with Crippen LogP contribution in [0.1, 0.15) is 12.8 Å². The highest BCUT2D eigenvalue weighted by atomic mass is 79.9. The van der Waals surface area contributed by atoms with Crippen LogP contribution in [0.2, 0.25) is 0 Å². The first-order chi connectivity index (χ1) is 14.6. The minimum absolute atomic E-state index is 0.281. The molecule has 3 rings (SSSR count). The van der Waals surface area contributed by atoms with E-state index in [-0.39, 0.29) is 6.04 Å². The van der Waals surface area contributed by atoms with Gasteiger partial charge in [0.1, 0.15) is 5.75 Å². The van der Waals surface area contributed by atoms with E-state index in [0.717, 1.165) is 23.0 Å². The maximum absolute atomic E-state index is 12.7. The Hall–Kier alpha value is -2.63. The first kappa shape index (κ1) is 24.6. The predicted octanol–water partition coefficient (Wildman–Crippen LogP) is 2.88. The van der Waals surface area contributed by atoms with Gasteiger partial charge in [-0.15, -0.1) is 0 Å². The lowest BCUT2D eigenvalue weighted by Gasteiger charge is -2.32. The van der Waals surface area contributed by atoms with Crippen molar-refractivity contribution < 1.29 is 33.0 Å². The summed E-state index contributed by atoms with van der Waals surface area (Å²) in [7, 11) is -1.88. The number of piperidine rings is 1. The summed E-state index contributed by atoms with van der Waals surface area (Å²) in [6.07, 6.45) is 1.57. The van der Waals surface area contributed by atoms with Crippen LogP contribution in [0, 0.1) is 0 Å². The first-order valence-corrected chi connectivity index (χ1v) is 11.5. The Morgan fingerprint density at radius 2 is 1.52 bits per heavy atom. The molecule has 0 spiro atoms. The van der Waals surface area contributed by atoms with Gasteiger partial charge in [0.2, 0.25) is 10.0 Å². The molecule has 3 N–H and O–H groups in total. The molecule has 168 valence electrons. The summed E-state index contributed by atoms with van der Waals surface area (Å²) in [5, 5.41) is 18.3. The molecule has 2 aromatic rings. The van der Waals surface area contributed by atoms with Crippen LogP contribution in [0.3, 0.4) is 0 Å². The number of hydrogen-bond donors (Lipinski definition) is 3. The van der Waals surface area contributed by atoms with Gasteiger partial charge < -0.3 is 20.3 Å². The number of rotatable bonds is 5. The molecule has 0 radical (unpaired) electrons. The summed E-state index contributed by atoms with van der Waals surface area (Å²) in [4.78, 5) is 18.5. The monoisotopic (exact) mass is 514 g/mol. The molecule has 11 heteroatoms. The molecule has 0 atom stereocenters. The van der Waals surface area contributed by atoms with E-state index in [1.54, 1.807) is 35.7 Å². The fraction of sp³-hybridized carbons (Fsp3) is 0.300. The van der Waals surface area contributed by atoms with Gasteiger partial charge in [-0.25, -0.2) is 18.0 Å². The smallest absolute Gasteiger partial charge is 0.414 e. The number of hydrogen-bond acceptors (Lipinski definition) is 6. The van der Waals surface area contributed by atoms with Crippen LogP contribution < -0.4 is 10.1 Å². The van der Waals surface area contributed by atoms with Crippen LogP contribution in [-0.2, 0) is 19.6 Å². The Bertz CT molecular complexity index is 975. The molecule has 0 bridgehead atoms. The number of nitrogens with one attached hydrogen (secondary N) is 1. The molecule has 2 aromatic carbocycles. The van der Waals surface area contributed by atoms with E-state index in [2.05, 4.69) is 21.2 Å². The lowest BCUT2D eigenvalue weighted by molar-refractivity contribution is -0.159. The minimum atomic E-state index is -3.45. The van der Waals surface area contributed by atoms with Crippen molar-refractivity contribution in [2.24, 2.45) is 0 Å². The third-order valence-electron chi connectivity index (χ3n) is 4.55.